The molecule has 4 aromatic heterocycles. The Morgan fingerprint density at radius 2 is 1.11 bits per heavy atom. The van der Waals surface area contributed by atoms with Gasteiger partial charge < -0.3 is 8.82 Å². The van der Waals surface area contributed by atoms with E-state index in [9.17, 15) is 0 Å². The van der Waals surface area contributed by atoms with Crippen LogP contribution in [-0.2, 0) is 0 Å². The molecular formula is C40H25N5O. The summed E-state index contributed by atoms with van der Waals surface area (Å²) >= 11 is 0. The van der Waals surface area contributed by atoms with Gasteiger partial charge in [0.15, 0.2) is 17.5 Å². The molecule has 0 bridgehead atoms. The fourth-order valence-corrected chi connectivity index (χ4v) is 6.05. The third-order valence-electron chi connectivity index (χ3n) is 8.29. The lowest BCUT2D eigenvalue weighted by atomic mass is 9.99. The topological polar surface area (TPSA) is 69.1 Å². The molecule has 0 atom stereocenters. The van der Waals surface area contributed by atoms with Crippen molar-refractivity contribution in [2.24, 2.45) is 0 Å². The molecule has 6 heteroatoms. The molecule has 0 amide bonds. The zero-order valence-electron chi connectivity index (χ0n) is 24.6. The Morgan fingerprint density at radius 1 is 0.457 bits per heavy atom. The summed E-state index contributed by atoms with van der Waals surface area (Å²) in [7, 11) is 0. The highest BCUT2D eigenvalue weighted by atomic mass is 16.3. The van der Waals surface area contributed by atoms with Gasteiger partial charge >= 0.3 is 0 Å². The van der Waals surface area contributed by atoms with Crippen molar-refractivity contribution < 1.29 is 4.42 Å². The first-order chi connectivity index (χ1) is 22.8. The second-order valence-electron chi connectivity index (χ2n) is 11.2. The van der Waals surface area contributed by atoms with E-state index in [1.807, 2.05) is 108 Å². The lowest BCUT2D eigenvalue weighted by Gasteiger charge is -2.09. The average molecular weight is 592 g/mol. The van der Waals surface area contributed by atoms with Crippen molar-refractivity contribution in [1.29, 1.82) is 0 Å². The maximum absolute atomic E-state index is 6.38. The lowest BCUT2D eigenvalue weighted by Crippen LogP contribution is -2.00. The van der Waals surface area contributed by atoms with Gasteiger partial charge in [0.1, 0.15) is 16.8 Å². The molecule has 0 aliphatic heterocycles. The van der Waals surface area contributed by atoms with Crippen molar-refractivity contribution in [3.8, 4) is 56.5 Å². The second-order valence-corrected chi connectivity index (χ2v) is 11.2. The predicted octanol–water partition coefficient (Wildman–Crippen LogP) is 9.75. The molecule has 9 aromatic rings. The van der Waals surface area contributed by atoms with E-state index >= 15 is 0 Å². The van der Waals surface area contributed by atoms with Crippen LogP contribution in [0, 0.1) is 0 Å². The van der Waals surface area contributed by atoms with Gasteiger partial charge in [-0.25, -0.2) is 19.9 Å². The monoisotopic (exact) mass is 591 g/mol. The molecule has 6 nitrogen and oxygen atoms in total. The third kappa shape index (κ3) is 4.52. The molecule has 0 spiro atoms. The van der Waals surface area contributed by atoms with Gasteiger partial charge in [0.2, 0.25) is 0 Å². The molecule has 0 aliphatic carbocycles. The molecule has 0 N–H and O–H groups in total. The lowest BCUT2D eigenvalue weighted by molar-refractivity contribution is 0.669. The van der Waals surface area contributed by atoms with Crippen LogP contribution >= 0.6 is 0 Å². The second kappa shape index (κ2) is 10.6. The minimum atomic E-state index is 0.597. The first-order valence-electron chi connectivity index (χ1n) is 15.1. The van der Waals surface area contributed by atoms with Crippen LogP contribution in [0.5, 0.6) is 0 Å². The number of hydrogen-bond donors (Lipinski definition) is 0. The Kier molecular flexibility index (Phi) is 6.03. The molecule has 4 heterocycles. The molecule has 46 heavy (non-hydrogen) atoms. The van der Waals surface area contributed by atoms with Crippen molar-refractivity contribution in [2.45, 2.75) is 0 Å². The Bertz CT molecular complexity index is 2440. The molecule has 0 unspecified atom stereocenters. The highest BCUT2D eigenvalue weighted by Gasteiger charge is 2.18. The van der Waals surface area contributed by atoms with Crippen LogP contribution < -0.4 is 0 Å². The third-order valence-corrected chi connectivity index (χ3v) is 8.29. The smallest absolute Gasteiger partial charge is 0.164 e. The number of hydrogen-bond acceptors (Lipinski definition) is 5. The molecule has 0 saturated carbocycles. The van der Waals surface area contributed by atoms with Crippen molar-refractivity contribution in [3.05, 3.63) is 152 Å². The van der Waals surface area contributed by atoms with Gasteiger partial charge in [-0.05, 0) is 47.5 Å². The quantitative estimate of drug-likeness (QED) is 0.199. The van der Waals surface area contributed by atoms with Crippen molar-refractivity contribution in [3.63, 3.8) is 0 Å². The van der Waals surface area contributed by atoms with Crippen LogP contribution in [0.4, 0.5) is 0 Å². The fraction of sp³-hybridized carbons (Fsp3) is 0. The number of benzene rings is 5. The summed E-state index contributed by atoms with van der Waals surface area (Å²) in [4.78, 5) is 19.7. The summed E-state index contributed by atoms with van der Waals surface area (Å²) in [5.41, 5.74) is 9.45. The van der Waals surface area contributed by atoms with Crippen LogP contribution in [0.3, 0.4) is 0 Å². The van der Waals surface area contributed by atoms with Crippen LogP contribution in [0.15, 0.2) is 156 Å². The highest BCUT2D eigenvalue weighted by molar-refractivity contribution is 6.12. The van der Waals surface area contributed by atoms with Gasteiger partial charge in [-0.3, -0.25) is 0 Å². The number of rotatable bonds is 5. The normalized spacial score (nSPS) is 11.5. The first-order valence-corrected chi connectivity index (χ1v) is 15.1. The first kappa shape index (κ1) is 26.0. The number of fused-ring (bicyclic) bond motifs is 4. The number of imidazole rings is 1. The zero-order valence-corrected chi connectivity index (χ0v) is 24.6. The van der Waals surface area contributed by atoms with Crippen LogP contribution in [0.1, 0.15) is 0 Å². The number of aromatic nitrogens is 5. The van der Waals surface area contributed by atoms with Gasteiger partial charge in [-0.2, -0.15) is 0 Å². The molecule has 9 rings (SSSR count). The molecule has 0 fully saturated rings. The molecule has 0 radical (unpaired) electrons. The summed E-state index contributed by atoms with van der Waals surface area (Å²) in [5.74, 6) is 1.85. The Balaban J connectivity index is 1.21. The predicted molar refractivity (Wildman–Crippen MR) is 183 cm³/mol. The molecular weight excluding hydrogens is 566 g/mol. The van der Waals surface area contributed by atoms with E-state index in [0.29, 0.717) is 17.5 Å². The van der Waals surface area contributed by atoms with Crippen molar-refractivity contribution >= 4 is 27.6 Å². The van der Waals surface area contributed by atoms with E-state index in [1.54, 1.807) is 0 Å². The van der Waals surface area contributed by atoms with Gasteiger partial charge in [-0.1, -0.05) is 103 Å². The minimum Gasteiger partial charge on any atom is -0.456 e. The number of nitrogens with zero attached hydrogens (tertiary/aromatic N) is 5. The fourth-order valence-electron chi connectivity index (χ4n) is 6.05. The average Bonchev–Trinajstić information content (AvgIpc) is 3.74. The molecule has 5 aromatic carbocycles. The van der Waals surface area contributed by atoms with E-state index in [2.05, 4.69) is 48.7 Å². The molecule has 0 aliphatic rings. The van der Waals surface area contributed by atoms with E-state index in [1.165, 1.54) is 0 Å². The Hall–Kier alpha value is -6.40. The van der Waals surface area contributed by atoms with Crippen molar-refractivity contribution in [2.75, 3.05) is 0 Å². The summed E-state index contributed by atoms with van der Waals surface area (Å²) in [6.45, 7) is 0. The highest BCUT2D eigenvalue weighted by Crippen LogP contribution is 2.38. The van der Waals surface area contributed by atoms with Crippen LogP contribution in [0.25, 0.3) is 84.1 Å². The minimum absolute atomic E-state index is 0.597. The zero-order chi connectivity index (χ0) is 30.5. The maximum atomic E-state index is 6.38. The summed E-state index contributed by atoms with van der Waals surface area (Å²) in [5, 5.41) is 1.98. The summed E-state index contributed by atoms with van der Waals surface area (Å²) < 4.78 is 8.42. The molecule has 216 valence electrons. The largest absolute Gasteiger partial charge is 0.456 e. The van der Waals surface area contributed by atoms with E-state index in [0.717, 1.165) is 66.7 Å². The summed E-state index contributed by atoms with van der Waals surface area (Å²) in [6, 6.07) is 47.0. The van der Waals surface area contributed by atoms with Gasteiger partial charge in [-0.15, -0.1) is 0 Å². The van der Waals surface area contributed by atoms with Crippen LogP contribution in [0.2, 0.25) is 0 Å². The SMILES string of the molecule is c1ccc(-c2nc(-c3ccccc3)nc(-c3cccc4oc5ccc(-c6cccc(-c7cn8ccccc8n7)c6)cc5c34)n2)cc1. The maximum Gasteiger partial charge on any atom is 0.164 e. The van der Waals surface area contributed by atoms with Gasteiger partial charge in [0.25, 0.3) is 0 Å². The molecule has 0 saturated heterocycles. The number of furan rings is 1. The van der Waals surface area contributed by atoms with Crippen molar-refractivity contribution in [1.82, 2.24) is 24.3 Å². The summed E-state index contributed by atoms with van der Waals surface area (Å²) in [6.07, 6.45) is 4.08. The van der Waals surface area contributed by atoms with E-state index < -0.39 is 0 Å². The van der Waals surface area contributed by atoms with E-state index in [4.69, 9.17) is 24.4 Å². The standard InChI is InChI=1S/C40H25N5O/c1-3-11-26(12-4-1)38-42-39(27-13-5-2-6-14-27)44-40(43-38)31-17-10-18-35-37(31)32-24-29(20-21-34(32)46-35)28-15-9-16-30(23-28)33-25-45-22-8-7-19-36(45)41-33/h1-25H. The Morgan fingerprint density at radius 3 is 1.87 bits per heavy atom. The van der Waals surface area contributed by atoms with Gasteiger partial charge in [0, 0.05) is 45.4 Å². The van der Waals surface area contributed by atoms with Crippen LogP contribution in [-0.4, -0.2) is 24.3 Å². The van der Waals surface area contributed by atoms with Gasteiger partial charge in [0.05, 0.1) is 5.69 Å². The number of pyridine rings is 1. The van der Waals surface area contributed by atoms with E-state index in [-0.39, 0.29) is 0 Å². The Labute approximate surface area is 264 Å².